The summed E-state index contributed by atoms with van der Waals surface area (Å²) in [6.45, 7) is 0. The molecule has 0 aliphatic rings. The van der Waals surface area contributed by atoms with E-state index in [0.29, 0.717) is 0 Å². The van der Waals surface area contributed by atoms with E-state index in [1.54, 1.807) is 11.3 Å². The van der Waals surface area contributed by atoms with Crippen molar-refractivity contribution in [3.05, 3.63) is 200 Å². The van der Waals surface area contributed by atoms with Crippen molar-refractivity contribution in [2.45, 2.75) is 0 Å². The second-order valence-corrected chi connectivity index (χ2v) is 15.8. The van der Waals surface area contributed by atoms with Crippen molar-refractivity contribution in [1.29, 1.82) is 0 Å². The number of hydrogen-bond donors (Lipinski definition) is 0. The van der Waals surface area contributed by atoms with Crippen molar-refractivity contribution >= 4 is 75.9 Å². The minimum Gasteiger partial charge on any atom is -0.309 e. The minimum atomic E-state index is 1.03. The maximum Gasteiger partial charge on any atom is 0.127 e. The molecule has 3 nitrogen and oxygen atoms in total. The number of fused-ring (bicyclic) bond motifs is 8. The second kappa shape index (κ2) is 12.6. The quantitative estimate of drug-likeness (QED) is 0.172. The molecule has 0 aliphatic heterocycles. The van der Waals surface area contributed by atoms with Gasteiger partial charge in [0.05, 0.1) is 38.0 Å². The zero-order valence-electron chi connectivity index (χ0n) is 30.8. The molecular weight excluding hydrogens is 711 g/mol. The van der Waals surface area contributed by atoms with E-state index in [4.69, 9.17) is 4.98 Å². The van der Waals surface area contributed by atoms with Crippen molar-refractivity contribution in [2.24, 2.45) is 0 Å². The molecule has 0 bridgehead atoms. The van der Waals surface area contributed by atoms with Gasteiger partial charge < -0.3 is 9.13 Å². The van der Waals surface area contributed by atoms with Gasteiger partial charge >= 0.3 is 0 Å². The number of para-hydroxylation sites is 3. The third-order valence-corrected chi connectivity index (χ3v) is 12.6. The standard InChI is InChI=1S/C53H33N3S/c1-3-15-34(16-4-1)37-29-38(35-17-5-2-6-18-35)31-39(30-37)55-46-24-12-9-21-41(46)43-33-50-44(32-49(43)55)42-22-10-13-25-47(42)56(50)48-28-27-36-19-7-8-20-40(36)52(48)53-54-45-23-11-14-26-51(45)57-53/h1-33H. The highest BCUT2D eigenvalue weighted by atomic mass is 32.1. The topological polar surface area (TPSA) is 22.8 Å². The molecule has 0 atom stereocenters. The van der Waals surface area contributed by atoms with Gasteiger partial charge in [0, 0.05) is 32.8 Å². The molecule has 3 aromatic heterocycles. The van der Waals surface area contributed by atoms with Gasteiger partial charge in [-0.3, -0.25) is 0 Å². The molecule has 266 valence electrons. The predicted octanol–water partition coefficient (Wildman–Crippen LogP) is 14.6. The van der Waals surface area contributed by atoms with Crippen LogP contribution in [0.15, 0.2) is 200 Å². The lowest BCUT2D eigenvalue weighted by Crippen LogP contribution is -1.98. The second-order valence-electron chi connectivity index (χ2n) is 14.8. The maximum atomic E-state index is 5.25. The predicted molar refractivity (Wildman–Crippen MR) is 242 cm³/mol. The molecule has 0 amide bonds. The summed E-state index contributed by atoms with van der Waals surface area (Å²) in [6, 6.07) is 72.8. The van der Waals surface area contributed by atoms with Crippen molar-refractivity contribution in [1.82, 2.24) is 14.1 Å². The van der Waals surface area contributed by atoms with Crippen LogP contribution in [0.1, 0.15) is 0 Å². The number of hydrogen-bond acceptors (Lipinski definition) is 2. The lowest BCUT2D eigenvalue weighted by Gasteiger charge is -2.15. The Hall–Kier alpha value is -7.27. The molecule has 0 saturated heterocycles. The molecule has 12 aromatic rings. The largest absolute Gasteiger partial charge is 0.309 e. The van der Waals surface area contributed by atoms with Gasteiger partial charge in [-0.1, -0.05) is 140 Å². The normalized spacial score (nSPS) is 11.9. The minimum absolute atomic E-state index is 1.03. The van der Waals surface area contributed by atoms with E-state index in [2.05, 4.69) is 209 Å². The zero-order valence-corrected chi connectivity index (χ0v) is 31.6. The average Bonchev–Trinajstić information content (AvgIpc) is 3.95. The Morgan fingerprint density at radius 1 is 0.368 bits per heavy atom. The number of benzene rings is 9. The van der Waals surface area contributed by atoms with Crippen LogP contribution in [-0.4, -0.2) is 14.1 Å². The molecule has 12 rings (SSSR count). The molecule has 4 heteroatoms. The molecule has 0 N–H and O–H groups in total. The Bertz CT molecular complexity index is 3430. The van der Waals surface area contributed by atoms with Gasteiger partial charge in [-0.15, -0.1) is 11.3 Å². The van der Waals surface area contributed by atoms with Gasteiger partial charge in [-0.2, -0.15) is 0 Å². The van der Waals surface area contributed by atoms with Gasteiger partial charge in [0.2, 0.25) is 0 Å². The van der Waals surface area contributed by atoms with Crippen LogP contribution in [0.25, 0.3) is 109 Å². The molecule has 0 spiro atoms. The van der Waals surface area contributed by atoms with E-state index in [-0.39, 0.29) is 0 Å². The van der Waals surface area contributed by atoms with Crippen molar-refractivity contribution in [3.8, 4) is 44.2 Å². The summed E-state index contributed by atoms with van der Waals surface area (Å²) in [7, 11) is 0. The summed E-state index contributed by atoms with van der Waals surface area (Å²) >= 11 is 1.76. The summed E-state index contributed by atoms with van der Waals surface area (Å²) in [4.78, 5) is 5.25. The zero-order chi connectivity index (χ0) is 37.5. The summed E-state index contributed by atoms with van der Waals surface area (Å²) in [5, 5.41) is 8.31. The third-order valence-electron chi connectivity index (χ3n) is 11.5. The summed E-state index contributed by atoms with van der Waals surface area (Å²) in [5.74, 6) is 0. The van der Waals surface area contributed by atoms with Crippen molar-refractivity contribution < 1.29 is 0 Å². The van der Waals surface area contributed by atoms with Crippen LogP contribution in [0.2, 0.25) is 0 Å². The van der Waals surface area contributed by atoms with Gasteiger partial charge in [-0.25, -0.2) is 4.98 Å². The van der Waals surface area contributed by atoms with E-state index in [9.17, 15) is 0 Å². The van der Waals surface area contributed by atoms with E-state index < -0.39 is 0 Å². The van der Waals surface area contributed by atoms with E-state index in [1.165, 1.54) is 81.3 Å². The van der Waals surface area contributed by atoms with E-state index in [1.807, 2.05) is 0 Å². The van der Waals surface area contributed by atoms with Gasteiger partial charge in [0.25, 0.3) is 0 Å². The summed E-state index contributed by atoms with van der Waals surface area (Å²) in [6.07, 6.45) is 0. The fourth-order valence-electron chi connectivity index (χ4n) is 8.95. The lowest BCUT2D eigenvalue weighted by atomic mass is 9.98. The third kappa shape index (κ3) is 5.01. The molecular formula is C53H33N3S. The first kappa shape index (κ1) is 32.0. The highest BCUT2D eigenvalue weighted by Crippen LogP contribution is 2.45. The van der Waals surface area contributed by atoms with Crippen molar-refractivity contribution in [3.63, 3.8) is 0 Å². The molecule has 0 radical (unpaired) electrons. The van der Waals surface area contributed by atoms with Crippen LogP contribution < -0.4 is 0 Å². The average molecular weight is 744 g/mol. The molecule has 57 heavy (non-hydrogen) atoms. The Morgan fingerprint density at radius 3 is 1.58 bits per heavy atom. The van der Waals surface area contributed by atoms with E-state index >= 15 is 0 Å². The highest BCUT2D eigenvalue weighted by Gasteiger charge is 2.23. The Morgan fingerprint density at radius 2 is 0.912 bits per heavy atom. The first-order valence-electron chi connectivity index (χ1n) is 19.4. The molecule has 0 saturated carbocycles. The first-order chi connectivity index (χ1) is 28.3. The van der Waals surface area contributed by atoms with Crippen LogP contribution in [0.4, 0.5) is 0 Å². The van der Waals surface area contributed by atoms with Gasteiger partial charge in [-0.05, 0) is 93.7 Å². The highest BCUT2D eigenvalue weighted by molar-refractivity contribution is 7.21. The monoisotopic (exact) mass is 743 g/mol. The van der Waals surface area contributed by atoms with Crippen molar-refractivity contribution in [2.75, 3.05) is 0 Å². The summed E-state index contributed by atoms with van der Waals surface area (Å²) in [5.41, 5.74) is 13.9. The number of thiazole rings is 1. The van der Waals surface area contributed by atoms with Crippen LogP contribution in [0.3, 0.4) is 0 Å². The molecule has 3 heterocycles. The molecule has 0 unspecified atom stereocenters. The Balaban J connectivity index is 1.18. The van der Waals surface area contributed by atoms with Crippen LogP contribution in [-0.2, 0) is 0 Å². The SMILES string of the molecule is c1ccc(-c2cc(-c3ccccc3)cc(-n3c4ccccc4c4cc5c(cc43)c3ccccc3n5-c3ccc4ccccc4c3-c3nc4ccccc4s3)c2)cc1. The van der Waals surface area contributed by atoms with Crippen LogP contribution >= 0.6 is 11.3 Å². The van der Waals surface area contributed by atoms with Crippen LogP contribution in [0.5, 0.6) is 0 Å². The number of nitrogens with zero attached hydrogens (tertiary/aromatic N) is 3. The van der Waals surface area contributed by atoms with Crippen LogP contribution in [0, 0.1) is 0 Å². The fourth-order valence-corrected chi connectivity index (χ4v) is 9.99. The molecule has 0 aliphatic carbocycles. The van der Waals surface area contributed by atoms with Gasteiger partial charge in [0.1, 0.15) is 5.01 Å². The molecule has 0 fully saturated rings. The first-order valence-corrected chi connectivity index (χ1v) is 20.2. The number of aromatic nitrogens is 3. The smallest absolute Gasteiger partial charge is 0.127 e. The molecule has 9 aromatic carbocycles. The van der Waals surface area contributed by atoms with Gasteiger partial charge in [0.15, 0.2) is 0 Å². The fraction of sp³-hybridized carbons (Fsp3) is 0. The van der Waals surface area contributed by atoms with E-state index in [0.717, 1.165) is 27.5 Å². The Labute approximate surface area is 333 Å². The summed E-state index contributed by atoms with van der Waals surface area (Å²) < 4.78 is 6.14. The number of rotatable bonds is 5. The maximum absolute atomic E-state index is 5.25. The Kier molecular flexibility index (Phi) is 7.10. The lowest BCUT2D eigenvalue weighted by molar-refractivity contribution is 1.18.